The third-order valence-electron chi connectivity index (χ3n) is 4.42. The number of aromatic nitrogens is 2. The fraction of sp³-hybridized carbons (Fsp3) is 0.471. The van der Waals surface area contributed by atoms with Crippen LogP contribution in [-0.4, -0.2) is 16.1 Å². The van der Waals surface area contributed by atoms with Crippen molar-refractivity contribution < 1.29 is 13.2 Å². The molecule has 0 saturated heterocycles. The minimum Gasteiger partial charge on any atom is -0.328 e. The second-order valence-corrected chi connectivity index (χ2v) is 6.97. The first kappa shape index (κ1) is 17.7. The van der Waals surface area contributed by atoms with Crippen LogP contribution in [0.3, 0.4) is 0 Å². The number of rotatable bonds is 4. The lowest BCUT2D eigenvalue weighted by atomic mass is 10.0. The number of alkyl halides is 3. The summed E-state index contributed by atoms with van der Waals surface area (Å²) in [6.45, 7) is 3.92. The lowest BCUT2D eigenvalue weighted by molar-refractivity contribution is -0.137. The van der Waals surface area contributed by atoms with E-state index >= 15 is 0 Å². The molecule has 0 unspecified atom stereocenters. The Balaban J connectivity index is 1.71. The Morgan fingerprint density at radius 1 is 1.29 bits per heavy atom. The molecule has 1 N–H and O–H groups in total. The van der Waals surface area contributed by atoms with Gasteiger partial charge < -0.3 is 9.88 Å². The van der Waals surface area contributed by atoms with Gasteiger partial charge >= 0.3 is 6.18 Å². The van der Waals surface area contributed by atoms with E-state index in [1.165, 1.54) is 5.69 Å². The summed E-state index contributed by atoms with van der Waals surface area (Å²) in [5.74, 6) is 1.11. The van der Waals surface area contributed by atoms with Crippen LogP contribution >= 0.6 is 22.6 Å². The maximum atomic E-state index is 12.6. The lowest BCUT2D eigenvalue weighted by Gasteiger charge is -2.27. The van der Waals surface area contributed by atoms with Gasteiger partial charge in [-0.2, -0.15) is 13.2 Å². The molecule has 0 bridgehead atoms. The molecule has 1 aromatic heterocycles. The van der Waals surface area contributed by atoms with Crippen molar-refractivity contribution in [3.8, 4) is 0 Å². The van der Waals surface area contributed by atoms with Gasteiger partial charge in [-0.1, -0.05) is 19.1 Å². The maximum Gasteiger partial charge on any atom is 0.416 e. The van der Waals surface area contributed by atoms with E-state index < -0.39 is 11.7 Å². The molecule has 1 atom stereocenters. The van der Waals surface area contributed by atoms with Crippen LogP contribution in [0.4, 0.5) is 13.2 Å². The van der Waals surface area contributed by atoms with Crippen molar-refractivity contribution in [3.63, 3.8) is 0 Å². The van der Waals surface area contributed by atoms with Gasteiger partial charge in [-0.3, -0.25) is 0 Å². The molecule has 0 amide bonds. The van der Waals surface area contributed by atoms with Crippen molar-refractivity contribution in [2.45, 2.75) is 44.9 Å². The van der Waals surface area contributed by atoms with E-state index in [0.29, 0.717) is 0 Å². The molecule has 1 aliphatic rings. The number of hydrogen-bond donors (Lipinski definition) is 1. The smallest absolute Gasteiger partial charge is 0.328 e. The number of imidazole rings is 1. The minimum absolute atomic E-state index is 0.195. The van der Waals surface area contributed by atoms with Crippen LogP contribution in [0.2, 0.25) is 0 Å². The van der Waals surface area contributed by atoms with Gasteiger partial charge in [-0.25, -0.2) is 4.98 Å². The number of nitrogens with one attached hydrogen (secondary N) is 1. The number of halogens is 4. The van der Waals surface area contributed by atoms with Crippen LogP contribution in [0.5, 0.6) is 0 Å². The van der Waals surface area contributed by atoms with E-state index in [-0.39, 0.29) is 6.04 Å². The van der Waals surface area contributed by atoms with Crippen LogP contribution in [0.25, 0.3) is 0 Å². The quantitative estimate of drug-likeness (QED) is 0.704. The van der Waals surface area contributed by atoms with E-state index in [4.69, 9.17) is 0 Å². The molecule has 3 rings (SSSR count). The Kier molecular flexibility index (Phi) is 5.19. The summed E-state index contributed by atoms with van der Waals surface area (Å²) in [6, 6.07) is 5.66. The average molecular weight is 449 g/mol. The zero-order valence-corrected chi connectivity index (χ0v) is 15.5. The van der Waals surface area contributed by atoms with Crippen molar-refractivity contribution in [1.29, 1.82) is 0 Å². The maximum absolute atomic E-state index is 12.6. The van der Waals surface area contributed by atoms with Crippen molar-refractivity contribution in [2.24, 2.45) is 0 Å². The van der Waals surface area contributed by atoms with E-state index in [1.54, 1.807) is 12.1 Å². The van der Waals surface area contributed by atoms with Gasteiger partial charge in [0, 0.05) is 19.5 Å². The molecule has 0 aliphatic carbocycles. The zero-order valence-electron chi connectivity index (χ0n) is 13.3. The summed E-state index contributed by atoms with van der Waals surface area (Å²) >= 11 is 2.27. The molecule has 0 saturated carbocycles. The van der Waals surface area contributed by atoms with Gasteiger partial charge in [0.25, 0.3) is 0 Å². The normalized spacial score (nSPS) is 17.8. The molecule has 2 aromatic rings. The molecule has 1 aromatic carbocycles. The van der Waals surface area contributed by atoms with Gasteiger partial charge in [0.2, 0.25) is 0 Å². The summed E-state index contributed by atoms with van der Waals surface area (Å²) in [7, 11) is 0. The first-order valence-corrected chi connectivity index (χ1v) is 9.12. The third kappa shape index (κ3) is 3.61. The number of aryl methyl sites for hydroxylation is 2. The number of nitrogens with zero attached hydrogens (tertiary/aromatic N) is 2. The Bertz CT molecular complexity index is 707. The highest BCUT2D eigenvalue weighted by molar-refractivity contribution is 14.1. The number of fused-ring (bicyclic) bond motifs is 1. The van der Waals surface area contributed by atoms with Crippen LogP contribution in [-0.2, 0) is 25.6 Å². The first-order chi connectivity index (χ1) is 11.4. The largest absolute Gasteiger partial charge is 0.416 e. The molecular formula is C17H19F3IN3. The SMILES string of the molecule is CCc1nc(I)c2n1CCN[C@@H]2CCc1ccc(C(F)(F)F)cc1. The van der Waals surface area contributed by atoms with E-state index in [1.807, 2.05) is 0 Å². The predicted molar refractivity (Wildman–Crippen MR) is 94.8 cm³/mol. The monoisotopic (exact) mass is 449 g/mol. The molecule has 3 nitrogen and oxygen atoms in total. The summed E-state index contributed by atoms with van der Waals surface area (Å²) in [5.41, 5.74) is 1.54. The highest BCUT2D eigenvalue weighted by Crippen LogP contribution is 2.31. The van der Waals surface area contributed by atoms with Crippen molar-refractivity contribution in [3.05, 3.63) is 50.6 Å². The summed E-state index contributed by atoms with van der Waals surface area (Å²) < 4.78 is 41.2. The molecule has 0 radical (unpaired) electrons. The van der Waals surface area contributed by atoms with Gasteiger partial charge in [0.05, 0.1) is 17.3 Å². The highest BCUT2D eigenvalue weighted by Gasteiger charge is 2.30. The highest BCUT2D eigenvalue weighted by atomic mass is 127. The second-order valence-electron chi connectivity index (χ2n) is 5.95. The van der Waals surface area contributed by atoms with Crippen LogP contribution in [0.1, 0.15) is 42.0 Å². The standard InChI is InChI=1S/C17H19F3IN3/c1-2-14-23-16(21)15-13(22-9-10-24(14)15)8-5-11-3-6-12(7-4-11)17(18,19)20/h3-4,6-7,13,22H,2,5,8-10H2,1H3/t13-/m1/s1. The van der Waals surface area contributed by atoms with Crippen LogP contribution in [0.15, 0.2) is 24.3 Å². The molecule has 0 fully saturated rings. The molecule has 24 heavy (non-hydrogen) atoms. The van der Waals surface area contributed by atoms with Crippen LogP contribution in [0, 0.1) is 3.70 Å². The number of hydrogen-bond acceptors (Lipinski definition) is 2. The average Bonchev–Trinajstić information content (AvgIpc) is 2.89. The second kappa shape index (κ2) is 7.03. The topological polar surface area (TPSA) is 29.9 Å². The summed E-state index contributed by atoms with van der Waals surface area (Å²) in [5, 5.41) is 3.51. The molecule has 2 heterocycles. The zero-order chi connectivity index (χ0) is 17.3. The fourth-order valence-electron chi connectivity index (χ4n) is 3.19. The molecule has 0 spiro atoms. The molecular weight excluding hydrogens is 430 g/mol. The first-order valence-electron chi connectivity index (χ1n) is 8.04. The Morgan fingerprint density at radius 2 is 2.00 bits per heavy atom. The third-order valence-corrected chi connectivity index (χ3v) is 5.21. The Hall–Kier alpha value is -1.09. The molecule has 7 heteroatoms. The van der Waals surface area contributed by atoms with Crippen molar-refractivity contribution in [2.75, 3.05) is 6.54 Å². The van der Waals surface area contributed by atoms with Gasteiger partial charge in [-0.05, 0) is 53.1 Å². The van der Waals surface area contributed by atoms with Gasteiger partial charge in [0.15, 0.2) is 0 Å². The summed E-state index contributed by atoms with van der Waals surface area (Å²) in [6.07, 6.45) is -1.79. The van der Waals surface area contributed by atoms with E-state index in [9.17, 15) is 13.2 Å². The van der Waals surface area contributed by atoms with E-state index in [2.05, 4.69) is 44.4 Å². The predicted octanol–water partition coefficient (Wildman–Crippen LogP) is 4.35. The molecule has 1 aliphatic heterocycles. The minimum atomic E-state index is -4.28. The summed E-state index contributed by atoms with van der Waals surface area (Å²) in [4.78, 5) is 4.64. The Morgan fingerprint density at radius 3 is 2.62 bits per heavy atom. The van der Waals surface area contributed by atoms with Gasteiger partial charge in [-0.15, -0.1) is 0 Å². The van der Waals surface area contributed by atoms with E-state index in [0.717, 1.165) is 59.6 Å². The van der Waals surface area contributed by atoms with Crippen molar-refractivity contribution in [1.82, 2.24) is 14.9 Å². The van der Waals surface area contributed by atoms with Gasteiger partial charge in [0.1, 0.15) is 9.53 Å². The lowest BCUT2D eigenvalue weighted by Crippen LogP contribution is -2.34. The van der Waals surface area contributed by atoms with Crippen LogP contribution < -0.4 is 5.32 Å². The molecule has 130 valence electrons. The number of benzene rings is 1. The Labute approximate surface area is 152 Å². The van der Waals surface area contributed by atoms with Crippen molar-refractivity contribution >= 4 is 22.6 Å². The fourth-order valence-corrected chi connectivity index (χ4v) is 4.14.